The van der Waals surface area contributed by atoms with Crippen molar-refractivity contribution >= 4 is 26.8 Å². The Morgan fingerprint density at radius 3 is 2.55 bits per heavy atom. The predicted molar refractivity (Wildman–Crippen MR) is 90.7 cm³/mol. The maximum Gasteiger partial charge on any atom is 0.185 e. The van der Waals surface area contributed by atoms with Crippen molar-refractivity contribution in [3.63, 3.8) is 0 Å². The number of nitrogens with one attached hydrogen (secondary N) is 1. The first-order valence-electron chi connectivity index (χ1n) is 7.58. The summed E-state index contributed by atoms with van der Waals surface area (Å²) in [6, 6.07) is 0. The van der Waals surface area contributed by atoms with Crippen LogP contribution in [0.2, 0.25) is 0 Å². The molecule has 0 aliphatic heterocycles. The van der Waals surface area contributed by atoms with E-state index in [4.69, 9.17) is 0 Å². The summed E-state index contributed by atoms with van der Waals surface area (Å²) in [7, 11) is 1.94. The minimum absolute atomic E-state index is 0.864. The van der Waals surface area contributed by atoms with E-state index < -0.39 is 0 Å². The molecule has 7 heteroatoms. The van der Waals surface area contributed by atoms with Gasteiger partial charge in [0.2, 0.25) is 0 Å². The fourth-order valence-corrected chi connectivity index (χ4v) is 3.82. The Kier molecular flexibility index (Phi) is 3.90. The summed E-state index contributed by atoms with van der Waals surface area (Å²) < 4.78 is 5.07. The van der Waals surface area contributed by atoms with Crippen LogP contribution in [0.25, 0.3) is 10.3 Å². The van der Waals surface area contributed by atoms with E-state index in [2.05, 4.69) is 46.0 Å². The van der Waals surface area contributed by atoms with Gasteiger partial charge in [0.1, 0.15) is 0 Å². The first-order chi connectivity index (χ1) is 10.5. The van der Waals surface area contributed by atoms with Crippen molar-refractivity contribution in [2.24, 2.45) is 7.05 Å². The van der Waals surface area contributed by atoms with E-state index in [1.807, 2.05) is 18.7 Å². The minimum atomic E-state index is 0.864. The van der Waals surface area contributed by atoms with E-state index in [0.717, 1.165) is 46.4 Å². The van der Waals surface area contributed by atoms with Crippen molar-refractivity contribution in [2.45, 2.75) is 40.7 Å². The molecule has 3 aromatic rings. The third kappa shape index (κ3) is 2.49. The van der Waals surface area contributed by atoms with Gasteiger partial charge in [0.05, 0.1) is 16.1 Å². The molecule has 3 aromatic heterocycles. The largest absolute Gasteiger partial charge is 0.361 e. The highest BCUT2D eigenvalue weighted by molar-refractivity contribution is 7.22. The van der Waals surface area contributed by atoms with Crippen molar-refractivity contribution in [3.05, 3.63) is 22.6 Å². The van der Waals surface area contributed by atoms with E-state index in [0.29, 0.717) is 0 Å². The quantitative estimate of drug-likeness (QED) is 0.786. The molecule has 1 N–H and O–H groups in total. The van der Waals surface area contributed by atoms with Gasteiger partial charge in [-0.3, -0.25) is 4.68 Å². The molecular formula is C15H22N6S. The number of thiazole rings is 1. The summed E-state index contributed by atoms with van der Waals surface area (Å²) in [5, 5.41) is 13.3. The molecule has 0 aliphatic carbocycles. The van der Waals surface area contributed by atoms with E-state index >= 15 is 0 Å². The van der Waals surface area contributed by atoms with Crippen LogP contribution in [-0.4, -0.2) is 31.1 Å². The second-order valence-electron chi connectivity index (χ2n) is 5.52. The molecule has 118 valence electrons. The van der Waals surface area contributed by atoms with Gasteiger partial charge in [0.15, 0.2) is 10.8 Å². The lowest BCUT2D eigenvalue weighted by Gasteiger charge is -2.04. The Hall–Kier alpha value is -1.89. The molecular weight excluding hydrogens is 296 g/mol. The average molecular weight is 318 g/mol. The Balaban J connectivity index is 1.70. The zero-order valence-corrected chi connectivity index (χ0v) is 14.6. The van der Waals surface area contributed by atoms with Gasteiger partial charge in [-0.25, -0.2) is 9.67 Å². The van der Waals surface area contributed by atoms with E-state index in [1.54, 1.807) is 11.3 Å². The van der Waals surface area contributed by atoms with Crippen molar-refractivity contribution < 1.29 is 0 Å². The molecule has 0 bridgehead atoms. The smallest absolute Gasteiger partial charge is 0.185 e. The second-order valence-corrected chi connectivity index (χ2v) is 6.52. The summed E-state index contributed by atoms with van der Waals surface area (Å²) in [6.45, 7) is 10.2. The molecule has 0 fully saturated rings. The monoisotopic (exact) mass is 318 g/mol. The molecule has 3 rings (SSSR count). The van der Waals surface area contributed by atoms with Crippen LogP contribution < -0.4 is 5.32 Å². The summed E-state index contributed by atoms with van der Waals surface area (Å²) in [6.07, 6.45) is 0.963. The molecule has 0 spiro atoms. The third-order valence-electron chi connectivity index (χ3n) is 4.03. The summed E-state index contributed by atoms with van der Waals surface area (Å²) in [5.41, 5.74) is 5.74. The molecule has 22 heavy (non-hydrogen) atoms. The average Bonchev–Trinajstić information content (AvgIpc) is 3.09. The number of aromatic nitrogens is 5. The summed E-state index contributed by atoms with van der Waals surface area (Å²) in [4.78, 5) is 4.62. The van der Waals surface area contributed by atoms with Crippen LogP contribution >= 0.6 is 11.3 Å². The van der Waals surface area contributed by atoms with Crippen molar-refractivity contribution in [1.82, 2.24) is 24.5 Å². The molecule has 0 saturated heterocycles. The molecule has 0 saturated carbocycles. The van der Waals surface area contributed by atoms with E-state index in [1.165, 1.54) is 11.3 Å². The molecule has 0 unspecified atom stereocenters. The maximum absolute atomic E-state index is 4.62. The van der Waals surface area contributed by atoms with Crippen LogP contribution in [0.3, 0.4) is 0 Å². The van der Waals surface area contributed by atoms with Crippen LogP contribution in [0.4, 0.5) is 5.13 Å². The van der Waals surface area contributed by atoms with Crippen molar-refractivity contribution in [3.8, 4) is 0 Å². The number of rotatable bonds is 5. The van der Waals surface area contributed by atoms with Gasteiger partial charge in [0.25, 0.3) is 0 Å². The summed E-state index contributed by atoms with van der Waals surface area (Å²) in [5.74, 6) is 0. The lowest BCUT2D eigenvalue weighted by atomic mass is 10.1. The van der Waals surface area contributed by atoms with Crippen LogP contribution in [0, 0.1) is 20.8 Å². The molecule has 3 heterocycles. The third-order valence-corrected chi connectivity index (χ3v) is 5.14. The zero-order valence-electron chi connectivity index (χ0n) is 13.8. The van der Waals surface area contributed by atoms with Gasteiger partial charge in [-0.1, -0.05) is 11.3 Å². The first-order valence-corrected chi connectivity index (χ1v) is 8.39. The number of anilines is 1. The van der Waals surface area contributed by atoms with Crippen LogP contribution in [0.1, 0.15) is 29.6 Å². The standard InChI is InChI=1S/C15H22N6S/c1-6-21-11(4)12(9(2)19-21)7-8-16-15-17-14-13(22-15)10(3)18-20(14)5/h6-8H2,1-5H3,(H,16,17). The Morgan fingerprint density at radius 1 is 1.14 bits per heavy atom. The van der Waals surface area contributed by atoms with Crippen molar-refractivity contribution in [2.75, 3.05) is 11.9 Å². The fourth-order valence-electron chi connectivity index (χ4n) is 2.86. The Morgan fingerprint density at radius 2 is 1.91 bits per heavy atom. The second kappa shape index (κ2) is 5.72. The number of nitrogens with zero attached hydrogens (tertiary/aromatic N) is 5. The maximum atomic E-state index is 4.62. The van der Waals surface area contributed by atoms with E-state index in [9.17, 15) is 0 Å². The van der Waals surface area contributed by atoms with Gasteiger partial charge in [0, 0.05) is 25.8 Å². The number of hydrogen-bond acceptors (Lipinski definition) is 5. The van der Waals surface area contributed by atoms with Gasteiger partial charge < -0.3 is 5.32 Å². The minimum Gasteiger partial charge on any atom is -0.361 e. The highest BCUT2D eigenvalue weighted by atomic mass is 32.1. The molecule has 0 aliphatic rings. The van der Waals surface area contributed by atoms with Crippen LogP contribution in [0.15, 0.2) is 0 Å². The number of aryl methyl sites for hydroxylation is 4. The van der Waals surface area contributed by atoms with Gasteiger partial charge in [-0.05, 0) is 39.7 Å². The van der Waals surface area contributed by atoms with Gasteiger partial charge >= 0.3 is 0 Å². The lowest BCUT2D eigenvalue weighted by Crippen LogP contribution is -2.06. The van der Waals surface area contributed by atoms with Crippen molar-refractivity contribution in [1.29, 1.82) is 0 Å². The summed E-state index contributed by atoms with van der Waals surface area (Å²) >= 11 is 1.67. The predicted octanol–water partition coefficient (Wildman–Crippen LogP) is 2.83. The lowest BCUT2D eigenvalue weighted by molar-refractivity contribution is 0.633. The highest BCUT2D eigenvalue weighted by Gasteiger charge is 2.13. The highest BCUT2D eigenvalue weighted by Crippen LogP contribution is 2.28. The normalized spacial score (nSPS) is 11.5. The first kappa shape index (κ1) is 15.0. The molecule has 0 radical (unpaired) electrons. The number of fused-ring (bicyclic) bond motifs is 1. The molecule has 6 nitrogen and oxygen atoms in total. The molecule has 0 aromatic carbocycles. The molecule has 0 amide bonds. The Bertz CT molecular complexity index is 775. The topological polar surface area (TPSA) is 60.6 Å². The van der Waals surface area contributed by atoms with Gasteiger partial charge in [-0.15, -0.1) is 0 Å². The van der Waals surface area contributed by atoms with Gasteiger partial charge in [-0.2, -0.15) is 10.2 Å². The molecule has 0 atom stereocenters. The zero-order chi connectivity index (χ0) is 15.9. The SMILES string of the molecule is CCn1nc(C)c(CCNc2nc3c(s2)c(C)nn3C)c1C. The van der Waals surface area contributed by atoms with Crippen LogP contribution in [0.5, 0.6) is 0 Å². The van der Waals surface area contributed by atoms with Crippen LogP contribution in [-0.2, 0) is 20.0 Å². The fraction of sp³-hybridized carbons (Fsp3) is 0.533. The van der Waals surface area contributed by atoms with E-state index in [-0.39, 0.29) is 0 Å². The number of hydrogen-bond donors (Lipinski definition) is 1. The Labute approximate surface area is 134 Å².